The van der Waals surface area contributed by atoms with Crippen molar-refractivity contribution in [3.05, 3.63) is 0 Å². The van der Waals surface area contributed by atoms with Crippen LogP contribution in [0.25, 0.3) is 0 Å². The zero-order valence-electron chi connectivity index (χ0n) is 10.9. The Labute approximate surface area is 101 Å². The lowest BCUT2D eigenvalue weighted by atomic mass is 9.96. The number of hydrogen-bond donors (Lipinski definition) is 0. The van der Waals surface area contributed by atoms with Gasteiger partial charge in [-0.25, -0.2) is 0 Å². The van der Waals surface area contributed by atoms with Crippen molar-refractivity contribution in [1.82, 2.24) is 0 Å². The lowest BCUT2D eigenvalue weighted by Gasteiger charge is -2.10. The van der Waals surface area contributed by atoms with Crippen molar-refractivity contribution < 1.29 is 0 Å². The molecule has 16 heavy (non-hydrogen) atoms. The summed E-state index contributed by atoms with van der Waals surface area (Å²) in [7, 11) is 0. The third-order valence-corrected chi connectivity index (χ3v) is 3.93. The van der Waals surface area contributed by atoms with Gasteiger partial charge in [-0.2, -0.15) is 5.26 Å². The SMILES string of the molecule is CC1CCCCCCC(C#N)CCCCC1. The van der Waals surface area contributed by atoms with Crippen LogP contribution in [0.4, 0.5) is 0 Å². The first-order valence-electron chi connectivity index (χ1n) is 7.22. The van der Waals surface area contributed by atoms with Gasteiger partial charge in [-0.1, -0.05) is 64.7 Å². The van der Waals surface area contributed by atoms with Crippen LogP contribution in [-0.2, 0) is 0 Å². The van der Waals surface area contributed by atoms with E-state index in [0.29, 0.717) is 5.92 Å². The van der Waals surface area contributed by atoms with Crippen LogP contribution >= 0.6 is 0 Å². The lowest BCUT2D eigenvalue weighted by molar-refractivity contribution is 0.438. The van der Waals surface area contributed by atoms with E-state index >= 15 is 0 Å². The van der Waals surface area contributed by atoms with E-state index in [9.17, 15) is 0 Å². The molecule has 1 saturated carbocycles. The van der Waals surface area contributed by atoms with E-state index in [2.05, 4.69) is 13.0 Å². The second-order valence-electron chi connectivity index (χ2n) is 5.56. The molecule has 0 spiro atoms. The number of nitrogens with zero attached hydrogens (tertiary/aromatic N) is 1. The second kappa shape index (κ2) is 8.62. The summed E-state index contributed by atoms with van der Waals surface area (Å²) in [4.78, 5) is 0. The molecule has 1 aliphatic carbocycles. The molecule has 0 saturated heterocycles. The van der Waals surface area contributed by atoms with Crippen molar-refractivity contribution >= 4 is 0 Å². The summed E-state index contributed by atoms with van der Waals surface area (Å²) in [6.07, 6.45) is 14.5. The topological polar surface area (TPSA) is 23.8 Å². The van der Waals surface area contributed by atoms with Crippen LogP contribution in [0.5, 0.6) is 0 Å². The third kappa shape index (κ3) is 6.16. The predicted molar refractivity (Wildman–Crippen MR) is 69.1 cm³/mol. The van der Waals surface area contributed by atoms with E-state index in [0.717, 1.165) is 18.8 Å². The van der Waals surface area contributed by atoms with Crippen molar-refractivity contribution in [3.8, 4) is 6.07 Å². The Morgan fingerprint density at radius 3 is 1.69 bits per heavy atom. The highest BCUT2D eigenvalue weighted by Gasteiger charge is 2.08. The standard InChI is InChI=1S/C15H27N/c1-14-9-5-2-3-7-11-15(13-16)12-8-4-6-10-14/h14-15H,2-12H2,1H3. The number of rotatable bonds is 0. The third-order valence-electron chi connectivity index (χ3n) is 3.93. The average molecular weight is 221 g/mol. The molecule has 1 rings (SSSR count). The zero-order chi connectivity index (χ0) is 11.6. The minimum Gasteiger partial charge on any atom is -0.198 e. The number of nitriles is 1. The summed E-state index contributed by atoms with van der Waals surface area (Å²) in [5.74, 6) is 1.27. The Hall–Kier alpha value is -0.510. The molecular weight excluding hydrogens is 194 g/mol. The summed E-state index contributed by atoms with van der Waals surface area (Å²) in [5.41, 5.74) is 0. The minimum absolute atomic E-state index is 0.346. The molecule has 1 heteroatoms. The fourth-order valence-electron chi connectivity index (χ4n) is 2.72. The molecule has 1 fully saturated rings. The molecule has 1 nitrogen and oxygen atoms in total. The molecule has 0 radical (unpaired) electrons. The van der Waals surface area contributed by atoms with Gasteiger partial charge in [0.15, 0.2) is 0 Å². The van der Waals surface area contributed by atoms with Crippen LogP contribution in [0.1, 0.15) is 77.6 Å². The molecule has 2 unspecified atom stereocenters. The van der Waals surface area contributed by atoms with E-state index < -0.39 is 0 Å². The molecule has 92 valence electrons. The second-order valence-corrected chi connectivity index (χ2v) is 5.56. The molecule has 0 aromatic rings. The first-order valence-corrected chi connectivity index (χ1v) is 7.22. The number of hydrogen-bond acceptors (Lipinski definition) is 1. The first kappa shape index (κ1) is 13.6. The Kier molecular flexibility index (Phi) is 7.30. The van der Waals surface area contributed by atoms with Gasteiger partial charge in [0.25, 0.3) is 0 Å². The van der Waals surface area contributed by atoms with Gasteiger partial charge < -0.3 is 0 Å². The van der Waals surface area contributed by atoms with Gasteiger partial charge in [-0.15, -0.1) is 0 Å². The first-order chi connectivity index (χ1) is 7.83. The van der Waals surface area contributed by atoms with Crippen molar-refractivity contribution in [3.63, 3.8) is 0 Å². The predicted octanol–water partition coefficient (Wildman–Crippen LogP) is 5.07. The van der Waals surface area contributed by atoms with Crippen LogP contribution in [0.3, 0.4) is 0 Å². The van der Waals surface area contributed by atoms with Gasteiger partial charge in [0, 0.05) is 5.92 Å². The quantitative estimate of drug-likeness (QED) is 0.560. The van der Waals surface area contributed by atoms with Gasteiger partial charge in [-0.3, -0.25) is 0 Å². The van der Waals surface area contributed by atoms with Crippen molar-refractivity contribution in [2.45, 2.75) is 77.6 Å². The molecule has 0 heterocycles. The fraction of sp³-hybridized carbons (Fsp3) is 0.933. The molecule has 0 N–H and O–H groups in total. The van der Waals surface area contributed by atoms with Gasteiger partial charge in [-0.05, 0) is 18.8 Å². The van der Waals surface area contributed by atoms with Crippen LogP contribution in [0, 0.1) is 23.2 Å². The molecule has 0 bridgehead atoms. The summed E-state index contributed by atoms with van der Waals surface area (Å²) in [6.45, 7) is 2.40. The van der Waals surface area contributed by atoms with Crippen LogP contribution in [-0.4, -0.2) is 0 Å². The zero-order valence-corrected chi connectivity index (χ0v) is 10.9. The normalized spacial score (nSPS) is 30.5. The van der Waals surface area contributed by atoms with Crippen molar-refractivity contribution in [2.75, 3.05) is 0 Å². The lowest BCUT2D eigenvalue weighted by Crippen LogP contribution is -1.97. The maximum Gasteiger partial charge on any atom is 0.0655 e. The van der Waals surface area contributed by atoms with Gasteiger partial charge in [0.05, 0.1) is 6.07 Å². The van der Waals surface area contributed by atoms with Gasteiger partial charge in [0.1, 0.15) is 0 Å². The highest BCUT2D eigenvalue weighted by molar-refractivity contribution is 4.82. The Bertz CT molecular complexity index is 204. The van der Waals surface area contributed by atoms with Crippen molar-refractivity contribution in [2.24, 2.45) is 11.8 Å². The molecule has 0 aliphatic heterocycles. The van der Waals surface area contributed by atoms with Gasteiger partial charge in [0.2, 0.25) is 0 Å². The largest absolute Gasteiger partial charge is 0.198 e. The Balaban J connectivity index is 2.28. The smallest absolute Gasteiger partial charge is 0.0655 e. The van der Waals surface area contributed by atoms with Crippen LogP contribution in [0.2, 0.25) is 0 Å². The highest BCUT2D eigenvalue weighted by Crippen LogP contribution is 2.22. The molecule has 0 aromatic heterocycles. The van der Waals surface area contributed by atoms with E-state index in [1.165, 1.54) is 57.8 Å². The summed E-state index contributed by atoms with van der Waals surface area (Å²) in [5, 5.41) is 9.04. The van der Waals surface area contributed by atoms with E-state index in [4.69, 9.17) is 5.26 Å². The van der Waals surface area contributed by atoms with E-state index in [1.807, 2.05) is 0 Å². The van der Waals surface area contributed by atoms with Crippen LogP contribution < -0.4 is 0 Å². The molecule has 2 atom stereocenters. The minimum atomic E-state index is 0.346. The monoisotopic (exact) mass is 221 g/mol. The Morgan fingerprint density at radius 1 is 0.750 bits per heavy atom. The van der Waals surface area contributed by atoms with Crippen LogP contribution in [0.15, 0.2) is 0 Å². The molecular formula is C15H27N. The fourth-order valence-corrected chi connectivity index (χ4v) is 2.72. The maximum absolute atomic E-state index is 9.04. The van der Waals surface area contributed by atoms with Gasteiger partial charge >= 0.3 is 0 Å². The maximum atomic E-state index is 9.04. The summed E-state index contributed by atoms with van der Waals surface area (Å²) < 4.78 is 0. The molecule has 1 aliphatic rings. The molecule has 0 amide bonds. The highest BCUT2D eigenvalue weighted by atomic mass is 14.3. The molecule has 0 aromatic carbocycles. The van der Waals surface area contributed by atoms with E-state index in [1.54, 1.807) is 0 Å². The van der Waals surface area contributed by atoms with Crippen molar-refractivity contribution in [1.29, 1.82) is 5.26 Å². The Morgan fingerprint density at radius 2 is 1.19 bits per heavy atom. The van der Waals surface area contributed by atoms with E-state index in [-0.39, 0.29) is 0 Å². The summed E-state index contributed by atoms with van der Waals surface area (Å²) in [6, 6.07) is 2.48. The average Bonchev–Trinajstić information content (AvgIpc) is 2.31. The summed E-state index contributed by atoms with van der Waals surface area (Å²) >= 11 is 0.